The van der Waals surface area contributed by atoms with Gasteiger partial charge in [-0.25, -0.2) is 4.68 Å². The molecule has 0 aliphatic rings. The van der Waals surface area contributed by atoms with Crippen molar-refractivity contribution in [1.82, 2.24) is 14.7 Å². The van der Waals surface area contributed by atoms with Gasteiger partial charge in [-0.2, -0.15) is 5.10 Å². The maximum atomic E-state index is 12.0. The second-order valence-corrected chi connectivity index (χ2v) is 5.45. The third-order valence-electron chi connectivity index (χ3n) is 3.16. The van der Waals surface area contributed by atoms with Crippen molar-refractivity contribution in [2.75, 3.05) is 31.5 Å². The lowest BCUT2D eigenvalue weighted by Crippen LogP contribution is -2.30. The normalized spacial score (nSPS) is 11.3. The zero-order chi connectivity index (χ0) is 15.1. The zero-order valence-electron chi connectivity index (χ0n) is 12.8. The standard InChI is InChI=1S/C14H25ClN4O/c1-5-8-18(6-2)9-7-16-12-10-17-19(11(3)4)14(20)13(12)15/h10-11,16H,5-9H2,1-4H3. The maximum Gasteiger partial charge on any atom is 0.287 e. The number of nitrogens with one attached hydrogen (secondary N) is 1. The molecule has 0 spiro atoms. The highest BCUT2D eigenvalue weighted by Gasteiger charge is 2.11. The molecule has 0 atom stereocenters. The average molecular weight is 301 g/mol. The molecule has 0 aliphatic heterocycles. The molecule has 0 saturated carbocycles. The van der Waals surface area contributed by atoms with E-state index < -0.39 is 0 Å². The molecule has 0 aromatic carbocycles. The van der Waals surface area contributed by atoms with Crippen molar-refractivity contribution in [2.24, 2.45) is 0 Å². The van der Waals surface area contributed by atoms with E-state index in [4.69, 9.17) is 11.6 Å². The lowest BCUT2D eigenvalue weighted by Gasteiger charge is -2.20. The Morgan fingerprint density at radius 2 is 2.10 bits per heavy atom. The van der Waals surface area contributed by atoms with Crippen LogP contribution in [-0.4, -0.2) is 40.9 Å². The summed E-state index contributed by atoms with van der Waals surface area (Å²) in [7, 11) is 0. The average Bonchev–Trinajstić information content (AvgIpc) is 2.42. The highest BCUT2D eigenvalue weighted by Crippen LogP contribution is 2.15. The Bertz CT molecular complexity index is 473. The molecule has 0 aliphatic carbocycles. The van der Waals surface area contributed by atoms with Gasteiger partial charge in [-0.3, -0.25) is 4.79 Å². The molecular weight excluding hydrogens is 276 g/mol. The molecule has 5 nitrogen and oxygen atoms in total. The molecular formula is C14H25ClN4O. The summed E-state index contributed by atoms with van der Waals surface area (Å²) >= 11 is 6.10. The second kappa shape index (κ2) is 8.27. The van der Waals surface area contributed by atoms with Gasteiger partial charge in [-0.05, 0) is 33.4 Å². The van der Waals surface area contributed by atoms with Gasteiger partial charge in [0.15, 0.2) is 0 Å². The van der Waals surface area contributed by atoms with E-state index >= 15 is 0 Å². The van der Waals surface area contributed by atoms with Crippen LogP contribution in [0.25, 0.3) is 0 Å². The quantitative estimate of drug-likeness (QED) is 0.802. The summed E-state index contributed by atoms with van der Waals surface area (Å²) in [6.07, 6.45) is 2.76. The fraction of sp³-hybridized carbons (Fsp3) is 0.714. The predicted octanol–water partition coefficient (Wildman–Crippen LogP) is 2.62. The van der Waals surface area contributed by atoms with Gasteiger partial charge in [0, 0.05) is 13.1 Å². The van der Waals surface area contributed by atoms with E-state index in [0.29, 0.717) is 5.69 Å². The first kappa shape index (κ1) is 17.0. The largest absolute Gasteiger partial charge is 0.381 e. The molecule has 1 aromatic heterocycles. The monoisotopic (exact) mass is 300 g/mol. The van der Waals surface area contributed by atoms with E-state index in [0.717, 1.165) is 32.6 Å². The van der Waals surface area contributed by atoms with Gasteiger partial charge in [-0.15, -0.1) is 0 Å². The van der Waals surface area contributed by atoms with Crippen LogP contribution < -0.4 is 10.9 Å². The van der Waals surface area contributed by atoms with Crippen molar-refractivity contribution < 1.29 is 0 Å². The van der Waals surface area contributed by atoms with Gasteiger partial charge in [0.25, 0.3) is 5.56 Å². The predicted molar refractivity (Wildman–Crippen MR) is 84.8 cm³/mol. The van der Waals surface area contributed by atoms with Gasteiger partial charge < -0.3 is 10.2 Å². The SMILES string of the molecule is CCCN(CC)CCNc1cnn(C(C)C)c(=O)c1Cl. The fourth-order valence-electron chi connectivity index (χ4n) is 2.03. The van der Waals surface area contributed by atoms with Gasteiger partial charge in [0.05, 0.1) is 17.9 Å². The minimum absolute atomic E-state index is 0.00851. The number of rotatable bonds is 8. The molecule has 0 radical (unpaired) electrons. The fourth-order valence-corrected chi connectivity index (χ4v) is 2.23. The topological polar surface area (TPSA) is 50.2 Å². The minimum atomic E-state index is -0.243. The zero-order valence-corrected chi connectivity index (χ0v) is 13.6. The molecule has 0 amide bonds. The smallest absolute Gasteiger partial charge is 0.287 e. The highest BCUT2D eigenvalue weighted by molar-refractivity contribution is 6.32. The number of likely N-dealkylation sites (N-methyl/N-ethyl adjacent to an activating group) is 1. The molecule has 20 heavy (non-hydrogen) atoms. The lowest BCUT2D eigenvalue weighted by molar-refractivity contribution is 0.300. The Morgan fingerprint density at radius 1 is 1.40 bits per heavy atom. The Labute approximate surface area is 125 Å². The summed E-state index contributed by atoms with van der Waals surface area (Å²) in [5.41, 5.74) is 0.369. The van der Waals surface area contributed by atoms with E-state index in [1.54, 1.807) is 6.20 Å². The minimum Gasteiger partial charge on any atom is -0.381 e. The van der Waals surface area contributed by atoms with Crippen molar-refractivity contribution in [3.8, 4) is 0 Å². The molecule has 0 bridgehead atoms. The third kappa shape index (κ3) is 4.49. The van der Waals surface area contributed by atoms with Crippen molar-refractivity contribution in [2.45, 2.75) is 40.2 Å². The summed E-state index contributed by atoms with van der Waals surface area (Å²) in [5, 5.41) is 7.55. The van der Waals surface area contributed by atoms with Crippen LogP contribution in [0.15, 0.2) is 11.0 Å². The van der Waals surface area contributed by atoms with E-state index in [9.17, 15) is 4.79 Å². The van der Waals surface area contributed by atoms with Crippen LogP contribution in [0, 0.1) is 0 Å². The van der Waals surface area contributed by atoms with Crippen molar-refractivity contribution in [1.29, 1.82) is 0 Å². The molecule has 114 valence electrons. The van der Waals surface area contributed by atoms with Gasteiger partial charge in [0.2, 0.25) is 0 Å². The first-order valence-corrected chi connectivity index (χ1v) is 7.62. The van der Waals surface area contributed by atoms with Gasteiger partial charge in [-0.1, -0.05) is 25.4 Å². The Morgan fingerprint density at radius 3 is 2.65 bits per heavy atom. The van der Waals surface area contributed by atoms with Gasteiger partial charge >= 0.3 is 0 Å². The number of anilines is 1. The summed E-state index contributed by atoms with van der Waals surface area (Å²) in [6, 6.07) is 0.00851. The van der Waals surface area contributed by atoms with Crippen molar-refractivity contribution in [3.63, 3.8) is 0 Å². The van der Waals surface area contributed by atoms with E-state index in [-0.39, 0.29) is 16.6 Å². The van der Waals surface area contributed by atoms with Crippen LogP contribution in [0.2, 0.25) is 5.02 Å². The first-order valence-electron chi connectivity index (χ1n) is 7.24. The second-order valence-electron chi connectivity index (χ2n) is 5.08. The van der Waals surface area contributed by atoms with Crippen LogP contribution in [0.5, 0.6) is 0 Å². The van der Waals surface area contributed by atoms with Gasteiger partial charge in [0.1, 0.15) is 5.02 Å². The van der Waals surface area contributed by atoms with Crippen LogP contribution in [0.3, 0.4) is 0 Å². The van der Waals surface area contributed by atoms with E-state index in [2.05, 4.69) is 29.2 Å². The first-order chi connectivity index (χ1) is 9.51. The van der Waals surface area contributed by atoms with Crippen LogP contribution in [0.4, 0.5) is 5.69 Å². The maximum absolute atomic E-state index is 12.0. The highest BCUT2D eigenvalue weighted by atomic mass is 35.5. The van der Waals surface area contributed by atoms with Crippen molar-refractivity contribution in [3.05, 3.63) is 21.6 Å². The number of halogens is 1. The number of hydrogen-bond donors (Lipinski definition) is 1. The molecule has 1 heterocycles. The molecule has 0 unspecified atom stereocenters. The summed E-state index contributed by atoms with van der Waals surface area (Å²) in [5.74, 6) is 0. The van der Waals surface area contributed by atoms with Crippen molar-refractivity contribution >= 4 is 17.3 Å². The number of aromatic nitrogens is 2. The number of nitrogens with zero attached hydrogens (tertiary/aromatic N) is 3. The molecule has 1 aromatic rings. The van der Waals surface area contributed by atoms with Crippen LogP contribution in [-0.2, 0) is 0 Å². The molecule has 0 saturated heterocycles. The Kier molecular flexibility index (Phi) is 7.02. The molecule has 1 rings (SSSR count). The molecule has 6 heteroatoms. The summed E-state index contributed by atoms with van der Waals surface area (Å²) < 4.78 is 1.39. The third-order valence-corrected chi connectivity index (χ3v) is 3.53. The Hall–Kier alpha value is -1.07. The van der Waals surface area contributed by atoms with E-state index in [1.165, 1.54) is 4.68 Å². The molecule has 0 fully saturated rings. The Balaban J connectivity index is 2.65. The molecule has 1 N–H and O–H groups in total. The van der Waals surface area contributed by atoms with E-state index in [1.807, 2.05) is 13.8 Å². The summed E-state index contributed by atoms with van der Waals surface area (Å²) in [6.45, 7) is 11.9. The summed E-state index contributed by atoms with van der Waals surface area (Å²) in [4.78, 5) is 14.4. The van der Waals surface area contributed by atoms with Crippen LogP contribution >= 0.6 is 11.6 Å². The lowest BCUT2D eigenvalue weighted by atomic mass is 10.3. The van der Waals surface area contributed by atoms with Crippen LogP contribution in [0.1, 0.15) is 40.2 Å². The number of hydrogen-bond acceptors (Lipinski definition) is 4.